The summed E-state index contributed by atoms with van der Waals surface area (Å²) in [5, 5.41) is 3.96. The lowest BCUT2D eigenvalue weighted by Crippen LogP contribution is -2.39. The number of amides is 1. The van der Waals surface area contributed by atoms with E-state index in [1.807, 2.05) is 61.3 Å². The lowest BCUT2D eigenvalue weighted by Gasteiger charge is -2.22. The number of hydrogen-bond acceptors (Lipinski definition) is 4. The van der Waals surface area contributed by atoms with E-state index < -0.39 is 0 Å². The number of likely N-dealkylation sites (N-methyl/N-ethyl adjacent to an activating group) is 1. The van der Waals surface area contributed by atoms with E-state index >= 15 is 0 Å². The molecule has 1 amide bonds. The zero-order valence-corrected chi connectivity index (χ0v) is 15.9. The Balaban J connectivity index is 1.63. The van der Waals surface area contributed by atoms with Gasteiger partial charge in [-0.05, 0) is 50.4 Å². The van der Waals surface area contributed by atoms with Crippen molar-refractivity contribution in [3.05, 3.63) is 58.0 Å². The van der Waals surface area contributed by atoms with Crippen molar-refractivity contribution >= 4 is 49.1 Å². The molecular weight excluding hydrogens is 386 g/mol. The van der Waals surface area contributed by atoms with Crippen molar-refractivity contribution in [1.82, 2.24) is 9.88 Å². The number of nitrogens with one attached hydrogen (secondary N) is 1. The molecule has 1 unspecified atom stereocenters. The lowest BCUT2D eigenvalue weighted by molar-refractivity contribution is -0.120. The van der Waals surface area contributed by atoms with Crippen molar-refractivity contribution in [2.24, 2.45) is 0 Å². The van der Waals surface area contributed by atoms with Gasteiger partial charge in [0.15, 0.2) is 0 Å². The first-order chi connectivity index (χ1) is 11.5. The van der Waals surface area contributed by atoms with E-state index in [0.29, 0.717) is 6.54 Å². The zero-order valence-electron chi connectivity index (χ0n) is 13.5. The third-order valence-corrected chi connectivity index (χ3v) is 5.43. The van der Waals surface area contributed by atoms with Crippen molar-refractivity contribution in [2.45, 2.75) is 19.5 Å². The van der Waals surface area contributed by atoms with Crippen LogP contribution in [-0.2, 0) is 11.3 Å². The van der Waals surface area contributed by atoms with Gasteiger partial charge >= 0.3 is 0 Å². The number of nitrogens with zero attached hydrogens (tertiary/aromatic N) is 2. The van der Waals surface area contributed by atoms with E-state index in [2.05, 4.69) is 32.3 Å². The fourth-order valence-corrected chi connectivity index (χ4v) is 3.61. The molecule has 1 atom stereocenters. The minimum absolute atomic E-state index is 0.0269. The normalized spacial score (nSPS) is 12.5. The van der Waals surface area contributed by atoms with Crippen LogP contribution in [0.3, 0.4) is 0 Å². The van der Waals surface area contributed by atoms with Gasteiger partial charge in [-0.3, -0.25) is 9.69 Å². The highest BCUT2D eigenvalue weighted by Gasteiger charge is 2.19. The molecule has 24 heavy (non-hydrogen) atoms. The minimum atomic E-state index is -0.249. The highest BCUT2D eigenvalue weighted by molar-refractivity contribution is 9.10. The summed E-state index contributed by atoms with van der Waals surface area (Å²) < 4.78 is 2.16. The highest BCUT2D eigenvalue weighted by Crippen LogP contribution is 2.23. The monoisotopic (exact) mass is 403 g/mol. The highest BCUT2D eigenvalue weighted by atomic mass is 79.9. The third kappa shape index (κ3) is 4.01. The minimum Gasteiger partial charge on any atom is -0.325 e. The molecule has 2 aromatic carbocycles. The van der Waals surface area contributed by atoms with E-state index in [9.17, 15) is 4.79 Å². The van der Waals surface area contributed by atoms with Gasteiger partial charge in [0.1, 0.15) is 5.01 Å². The van der Waals surface area contributed by atoms with Gasteiger partial charge in [0, 0.05) is 10.2 Å². The van der Waals surface area contributed by atoms with E-state index in [-0.39, 0.29) is 11.9 Å². The summed E-state index contributed by atoms with van der Waals surface area (Å²) in [5.41, 5.74) is 1.81. The summed E-state index contributed by atoms with van der Waals surface area (Å²) in [6.45, 7) is 2.55. The quantitative estimate of drug-likeness (QED) is 0.680. The first kappa shape index (κ1) is 17.1. The van der Waals surface area contributed by atoms with Gasteiger partial charge in [-0.2, -0.15) is 0 Å². The maximum Gasteiger partial charge on any atom is 0.241 e. The Bertz CT molecular complexity index is 814. The topological polar surface area (TPSA) is 45.2 Å². The van der Waals surface area contributed by atoms with Crippen LogP contribution < -0.4 is 5.32 Å². The molecule has 3 aromatic rings. The molecule has 124 valence electrons. The SMILES string of the molecule is CC(C(=O)Nc1ccc(Br)cc1)N(C)Cc1nc2ccccc2s1. The fourth-order valence-electron chi connectivity index (χ4n) is 2.32. The Labute approximate surface area is 153 Å². The maximum absolute atomic E-state index is 12.4. The number of benzene rings is 2. The van der Waals surface area contributed by atoms with Crippen LogP contribution in [0.2, 0.25) is 0 Å². The van der Waals surface area contributed by atoms with Crippen LogP contribution in [0.5, 0.6) is 0 Å². The van der Waals surface area contributed by atoms with E-state index in [0.717, 1.165) is 20.7 Å². The van der Waals surface area contributed by atoms with Crippen LogP contribution >= 0.6 is 27.3 Å². The van der Waals surface area contributed by atoms with Crippen molar-refractivity contribution in [3.63, 3.8) is 0 Å². The fraction of sp³-hybridized carbons (Fsp3) is 0.222. The average Bonchev–Trinajstić information content (AvgIpc) is 2.98. The standard InChI is InChI=1S/C18H18BrN3OS/c1-12(18(23)20-14-9-7-13(19)8-10-14)22(2)11-17-21-15-5-3-4-6-16(15)24-17/h3-10,12H,11H2,1-2H3,(H,20,23). The van der Waals surface area contributed by atoms with Gasteiger partial charge in [-0.25, -0.2) is 4.98 Å². The molecule has 0 saturated heterocycles. The lowest BCUT2D eigenvalue weighted by atomic mass is 10.2. The zero-order chi connectivity index (χ0) is 17.1. The molecule has 0 aliphatic rings. The Morgan fingerprint density at radius 1 is 1.25 bits per heavy atom. The number of halogens is 1. The smallest absolute Gasteiger partial charge is 0.241 e. The number of thiazole rings is 1. The van der Waals surface area contributed by atoms with Crippen molar-refractivity contribution in [3.8, 4) is 0 Å². The van der Waals surface area contributed by atoms with E-state index in [4.69, 9.17) is 0 Å². The number of carbonyl (C=O) groups excluding carboxylic acids is 1. The molecule has 6 heteroatoms. The first-order valence-corrected chi connectivity index (χ1v) is 9.25. The second-order valence-electron chi connectivity index (χ2n) is 5.66. The number of carbonyl (C=O) groups is 1. The van der Waals surface area contributed by atoms with Crippen LogP contribution in [0.15, 0.2) is 53.0 Å². The molecule has 0 saturated carbocycles. The summed E-state index contributed by atoms with van der Waals surface area (Å²) in [6, 6.07) is 15.4. The molecule has 0 bridgehead atoms. The predicted octanol–water partition coefficient (Wildman–Crippen LogP) is 4.52. The van der Waals surface area contributed by atoms with E-state index in [1.54, 1.807) is 11.3 Å². The van der Waals surface area contributed by atoms with Crippen LogP contribution in [0.1, 0.15) is 11.9 Å². The number of rotatable bonds is 5. The number of anilines is 1. The van der Waals surface area contributed by atoms with Crippen LogP contribution in [0.4, 0.5) is 5.69 Å². The van der Waals surface area contributed by atoms with Gasteiger partial charge in [0.2, 0.25) is 5.91 Å². The molecule has 0 radical (unpaired) electrons. The molecular formula is C18H18BrN3OS. The number of hydrogen-bond donors (Lipinski definition) is 1. The molecule has 0 aliphatic carbocycles. The summed E-state index contributed by atoms with van der Waals surface area (Å²) in [7, 11) is 1.94. The van der Waals surface area contributed by atoms with Crippen LogP contribution in [0.25, 0.3) is 10.2 Å². The molecule has 1 N–H and O–H groups in total. The predicted molar refractivity (Wildman–Crippen MR) is 103 cm³/mol. The number of aromatic nitrogens is 1. The van der Waals surface area contributed by atoms with E-state index in [1.165, 1.54) is 4.70 Å². The van der Waals surface area contributed by atoms with Gasteiger partial charge < -0.3 is 5.32 Å². The van der Waals surface area contributed by atoms with Gasteiger partial charge in [0.25, 0.3) is 0 Å². The summed E-state index contributed by atoms with van der Waals surface area (Å²) in [6.07, 6.45) is 0. The Morgan fingerprint density at radius 2 is 1.96 bits per heavy atom. The molecule has 0 fully saturated rings. The molecule has 1 heterocycles. The van der Waals surface area contributed by atoms with Crippen molar-refractivity contribution < 1.29 is 4.79 Å². The van der Waals surface area contributed by atoms with Gasteiger partial charge in [0.05, 0.1) is 22.8 Å². The average molecular weight is 404 g/mol. The molecule has 3 rings (SSSR count). The summed E-state index contributed by atoms with van der Waals surface area (Å²) in [4.78, 5) is 19.1. The van der Waals surface area contributed by atoms with Gasteiger partial charge in [-0.15, -0.1) is 11.3 Å². The molecule has 1 aromatic heterocycles. The maximum atomic E-state index is 12.4. The Hall–Kier alpha value is -1.76. The molecule has 0 spiro atoms. The molecule has 0 aliphatic heterocycles. The number of para-hydroxylation sites is 1. The first-order valence-electron chi connectivity index (χ1n) is 7.64. The second kappa shape index (κ2) is 7.42. The Kier molecular flexibility index (Phi) is 5.28. The summed E-state index contributed by atoms with van der Waals surface area (Å²) >= 11 is 5.06. The summed E-state index contributed by atoms with van der Waals surface area (Å²) in [5.74, 6) is -0.0269. The van der Waals surface area contributed by atoms with Gasteiger partial charge in [-0.1, -0.05) is 28.1 Å². The second-order valence-corrected chi connectivity index (χ2v) is 7.69. The number of fused-ring (bicyclic) bond motifs is 1. The van der Waals surface area contributed by atoms with Crippen molar-refractivity contribution in [2.75, 3.05) is 12.4 Å². The third-order valence-electron chi connectivity index (χ3n) is 3.88. The van der Waals surface area contributed by atoms with Crippen molar-refractivity contribution in [1.29, 1.82) is 0 Å². The largest absolute Gasteiger partial charge is 0.325 e. The molecule has 4 nitrogen and oxygen atoms in total. The van der Waals surface area contributed by atoms with Crippen LogP contribution in [-0.4, -0.2) is 28.9 Å². The Morgan fingerprint density at radius 3 is 2.67 bits per heavy atom. The van der Waals surface area contributed by atoms with Crippen LogP contribution in [0, 0.1) is 0 Å².